The molecule has 6 heteroatoms. The molecule has 0 bridgehead atoms. The van der Waals surface area contributed by atoms with Gasteiger partial charge in [0.05, 0.1) is 22.1 Å². The average molecular weight is 316 g/mol. The van der Waals surface area contributed by atoms with Crippen LogP contribution in [0.25, 0.3) is 10.9 Å². The van der Waals surface area contributed by atoms with E-state index in [1.54, 1.807) is 23.2 Å². The van der Waals surface area contributed by atoms with Crippen LogP contribution in [0, 0.1) is 5.92 Å². The van der Waals surface area contributed by atoms with Gasteiger partial charge >= 0.3 is 0 Å². The van der Waals surface area contributed by atoms with E-state index < -0.39 is 0 Å². The van der Waals surface area contributed by atoms with Crippen LogP contribution in [0.5, 0.6) is 0 Å². The van der Waals surface area contributed by atoms with Crippen molar-refractivity contribution in [3.63, 3.8) is 0 Å². The lowest BCUT2D eigenvalue weighted by atomic mass is 10.1. The summed E-state index contributed by atoms with van der Waals surface area (Å²) in [5.74, 6) is 0.199. The van der Waals surface area contributed by atoms with Gasteiger partial charge in [-0.25, -0.2) is 0 Å². The number of amides is 2. The summed E-state index contributed by atoms with van der Waals surface area (Å²) in [5.41, 5.74) is 1.25. The van der Waals surface area contributed by atoms with E-state index in [2.05, 4.69) is 10.3 Å². The van der Waals surface area contributed by atoms with Gasteiger partial charge in [-0.2, -0.15) is 0 Å². The predicted molar refractivity (Wildman–Crippen MR) is 82.7 cm³/mol. The molecule has 3 heterocycles. The van der Waals surface area contributed by atoms with Gasteiger partial charge in [0.1, 0.15) is 0 Å². The first-order valence-corrected chi connectivity index (χ1v) is 7.63. The number of nitrogens with one attached hydrogen (secondary N) is 1. The van der Waals surface area contributed by atoms with Crippen molar-refractivity contribution in [2.45, 2.75) is 12.5 Å². The van der Waals surface area contributed by atoms with Gasteiger partial charge in [-0.05, 0) is 18.2 Å². The van der Waals surface area contributed by atoms with Crippen molar-refractivity contribution < 1.29 is 9.59 Å². The van der Waals surface area contributed by atoms with Crippen LogP contribution in [0.3, 0.4) is 0 Å². The molecule has 112 valence electrons. The van der Waals surface area contributed by atoms with Crippen LogP contribution in [0.2, 0.25) is 5.02 Å². The van der Waals surface area contributed by atoms with Crippen LogP contribution < -0.4 is 5.32 Å². The number of carbonyl (C=O) groups excluding carboxylic acids is 2. The maximum atomic E-state index is 12.9. The SMILES string of the molecule is O=C1C[C@H]2CN(C(=O)c3c(Cl)ccc4ncccc34)C[C@H]2N1. The molecule has 2 aliphatic rings. The molecule has 1 aromatic carbocycles. The van der Waals surface area contributed by atoms with Crippen molar-refractivity contribution in [1.29, 1.82) is 0 Å². The van der Waals surface area contributed by atoms with Crippen molar-refractivity contribution >= 4 is 34.3 Å². The van der Waals surface area contributed by atoms with Crippen molar-refractivity contribution in [3.8, 4) is 0 Å². The van der Waals surface area contributed by atoms with Crippen LogP contribution in [0.1, 0.15) is 16.8 Å². The predicted octanol–water partition coefficient (Wildman–Crippen LogP) is 1.85. The summed E-state index contributed by atoms with van der Waals surface area (Å²) in [5, 5.41) is 4.13. The third-order valence-corrected chi connectivity index (χ3v) is 4.79. The summed E-state index contributed by atoms with van der Waals surface area (Å²) < 4.78 is 0. The van der Waals surface area contributed by atoms with E-state index in [0.29, 0.717) is 30.1 Å². The number of rotatable bonds is 1. The molecule has 2 saturated heterocycles. The molecule has 1 aromatic heterocycles. The Labute approximate surface area is 132 Å². The van der Waals surface area contributed by atoms with Gasteiger partial charge in [-0.3, -0.25) is 14.6 Å². The number of aromatic nitrogens is 1. The molecule has 0 aliphatic carbocycles. The Hall–Kier alpha value is -2.14. The van der Waals surface area contributed by atoms with Gasteiger partial charge in [0.25, 0.3) is 5.91 Å². The molecule has 4 rings (SSSR count). The molecule has 2 fully saturated rings. The Kier molecular flexibility index (Phi) is 3.04. The fraction of sp³-hybridized carbons (Fsp3) is 0.312. The summed E-state index contributed by atoms with van der Waals surface area (Å²) in [4.78, 5) is 30.3. The quantitative estimate of drug-likeness (QED) is 0.873. The molecule has 2 aromatic rings. The number of hydrogen-bond acceptors (Lipinski definition) is 3. The highest BCUT2D eigenvalue weighted by atomic mass is 35.5. The second kappa shape index (κ2) is 4.95. The molecular formula is C16H14ClN3O2. The molecule has 2 amide bonds. The minimum absolute atomic E-state index is 0.0725. The van der Waals surface area contributed by atoms with Crippen LogP contribution in [-0.4, -0.2) is 40.8 Å². The summed E-state index contributed by atoms with van der Waals surface area (Å²) in [6.45, 7) is 1.14. The topological polar surface area (TPSA) is 62.3 Å². The fourth-order valence-electron chi connectivity index (χ4n) is 3.41. The van der Waals surface area contributed by atoms with Crippen molar-refractivity contribution in [2.24, 2.45) is 5.92 Å². The van der Waals surface area contributed by atoms with E-state index in [0.717, 1.165) is 10.9 Å². The molecule has 1 N–H and O–H groups in total. The highest BCUT2D eigenvalue weighted by Gasteiger charge is 2.42. The third-order valence-electron chi connectivity index (χ3n) is 4.47. The zero-order valence-corrected chi connectivity index (χ0v) is 12.5. The lowest BCUT2D eigenvalue weighted by Gasteiger charge is -2.19. The minimum atomic E-state index is -0.0905. The van der Waals surface area contributed by atoms with Crippen molar-refractivity contribution in [3.05, 3.63) is 41.0 Å². The monoisotopic (exact) mass is 315 g/mol. The second-order valence-electron chi connectivity index (χ2n) is 5.84. The standard InChI is InChI=1S/C16H14ClN3O2/c17-11-3-4-12-10(2-1-5-18-12)15(11)16(22)20-7-9-6-14(21)19-13(9)8-20/h1-5,9,13H,6-8H2,(H,19,21)/t9-,13+/m0/s1. The maximum Gasteiger partial charge on any atom is 0.256 e. The first-order chi connectivity index (χ1) is 10.6. The van der Waals surface area contributed by atoms with Gasteiger partial charge in [0, 0.05) is 37.0 Å². The number of nitrogens with zero attached hydrogens (tertiary/aromatic N) is 2. The van der Waals surface area contributed by atoms with E-state index in [4.69, 9.17) is 11.6 Å². The highest BCUT2D eigenvalue weighted by Crippen LogP contribution is 2.30. The molecule has 0 radical (unpaired) electrons. The lowest BCUT2D eigenvalue weighted by Crippen LogP contribution is -2.35. The molecule has 5 nitrogen and oxygen atoms in total. The van der Waals surface area contributed by atoms with Gasteiger partial charge in [-0.1, -0.05) is 17.7 Å². The maximum absolute atomic E-state index is 12.9. The highest BCUT2D eigenvalue weighted by molar-refractivity contribution is 6.35. The van der Waals surface area contributed by atoms with Gasteiger partial charge in [0.2, 0.25) is 5.91 Å². The number of likely N-dealkylation sites (tertiary alicyclic amines) is 1. The number of benzene rings is 1. The average Bonchev–Trinajstić information content (AvgIpc) is 3.04. The minimum Gasteiger partial charge on any atom is -0.351 e. The van der Waals surface area contributed by atoms with Gasteiger partial charge in [0.15, 0.2) is 0 Å². The fourth-order valence-corrected chi connectivity index (χ4v) is 3.66. The normalized spacial score (nSPS) is 23.7. The molecular weight excluding hydrogens is 302 g/mol. The number of pyridine rings is 1. The summed E-state index contributed by atoms with van der Waals surface area (Å²) in [7, 11) is 0. The van der Waals surface area contributed by atoms with E-state index in [-0.39, 0.29) is 23.8 Å². The molecule has 0 saturated carbocycles. The number of halogens is 1. The zero-order chi connectivity index (χ0) is 15.3. The lowest BCUT2D eigenvalue weighted by molar-refractivity contribution is -0.119. The van der Waals surface area contributed by atoms with Gasteiger partial charge in [-0.15, -0.1) is 0 Å². The summed E-state index contributed by atoms with van der Waals surface area (Å²) in [6, 6.07) is 7.26. The first-order valence-electron chi connectivity index (χ1n) is 7.25. The molecule has 2 atom stereocenters. The number of hydrogen-bond donors (Lipinski definition) is 1. The molecule has 0 spiro atoms. The molecule has 22 heavy (non-hydrogen) atoms. The van der Waals surface area contributed by atoms with Gasteiger partial charge < -0.3 is 10.2 Å². The van der Waals surface area contributed by atoms with E-state index >= 15 is 0 Å². The van der Waals surface area contributed by atoms with E-state index in [9.17, 15) is 9.59 Å². The van der Waals surface area contributed by atoms with Crippen molar-refractivity contribution in [2.75, 3.05) is 13.1 Å². The summed E-state index contributed by atoms with van der Waals surface area (Å²) in [6.07, 6.45) is 2.19. The van der Waals surface area contributed by atoms with Crippen molar-refractivity contribution in [1.82, 2.24) is 15.2 Å². The Balaban J connectivity index is 1.69. The Morgan fingerprint density at radius 2 is 2.18 bits per heavy atom. The second-order valence-corrected chi connectivity index (χ2v) is 6.25. The third kappa shape index (κ3) is 2.04. The summed E-state index contributed by atoms with van der Waals surface area (Å²) >= 11 is 6.28. The van der Waals surface area contributed by atoms with Crippen LogP contribution in [0.15, 0.2) is 30.5 Å². The van der Waals surface area contributed by atoms with Crippen LogP contribution >= 0.6 is 11.6 Å². The Morgan fingerprint density at radius 3 is 3.00 bits per heavy atom. The van der Waals surface area contributed by atoms with E-state index in [1.807, 2.05) is 12.1 Å². The zero-order valence-electron chi connectivity index (χ0n) is 11.8. The number of carbonyl (C=O) groups is 2. The van der Waals surface area contributed by atoms with Crippen LogP contribution in [-0.2, 0) is 4.79 Å². The Morgan fingerprint density at radius 1 is 1.32 bits per heavy atom. The molecule has 0 unspecified atom stereocenters. The van der Waals surface area contributed by atoms with Crippen LogP contribution in [0.4, 0.5) is 0 Å². The smallest absolute Gasteiger partial charge is 0.256 e. The molecule has 2 aliphatic heterocycles. The number of fused-ring (bicyclic) bond motifs is 2. The Bertz CT molecular complexity index is 776. The largest absolute Gasteiger partial charge is 0.351 e. The van der Waals surface area contributed by atoms with E-state index in [1.165, 1.54) is 0 Å². The first kappa shape index (κ1) is 13.5.